The summed E-state index contributed by atoms with van der Waals surface area (Å²) in [4.78, 5) is 0. The van der Waals surface area contributed by atoms with E-state index in [2.05, 4.69) is 461 Å². The van der Waals surface area contributed by atoms with Crippen LogP contribution in [-0.4, -0.2) is 0 Å². The highest BCUT2D eigenvalue weighted by atomic mass is 32.1. The summed E-state index contributed by atoms with van der Waals surface area (Å²) in [5, 5.41) is 38.5. The molecule has 0 unspecified atom stereocenters. The van der Waals surface area contributed by atoms with Gasteiger partial charge in [0.1, 0.15) is 55.8 Å². The molecule has 0 radical (unpaired) electrons. The lowest BCUT2D eigenvalue weighted by Gasteiger charge is -2.18. The van der Waals surface area contributed by atoms with Crippen molar-refractivity contribution in [2.75, 3.05) is 0 Å². The zero-order valence-corrected chi connectivity index (χ0v) is 77.3. The van der Waals surface area contributed by atoms with Crippen molar-refractivity contribution in [1.82, 2.24) is 0 Å². The van der Waals surface area contributed by atoms with Gasteiger partial charge in [0.25, 0.3) is 0 Å². The Hall–Kier alpha value is -18.5. The highest BCUT2D eigenvalue weighted by Gasteiger charge is 2.26. The van der Waals surface area contributed by atoms with Crippen molar-refractivity contribution in [2.45, 2.75) is 0 Å². The van der Waals surface area contributed by atoms with Crippen LogP contribution in [0.4, 0.5) is 0 Å². The van der Waals surface area contributed by atoms with E-state index < -0.39 is 0 Å². The second-order valence-corrected chi connectivity index (χ2v) is 38.8. The van der Waals surface area contributed by atoms with E-state index in [-0.39, 0.29) is 0 Å². The minimum absolute atomic E-state index is 0.903. The molecule has 0 saturated carbocycles. The fourth-order valence-electron chi connectivity index (χ4n) is 23.5. The van der Waals surface area contributed by atoms with E-state index in [9.17, 15) is 0 Å². The number of furan rings is 5. The first kappa shape index (κ1) is 79.7. The molecule has 0 aliphatic carbocycles. The van der Waals surface area contributed by atoms with Crippen molar-refractivity contribution in [2.24, 2.45) is 0 Å². The molecule has 6 aromatic heterocycles. The third-order valence-corrected chi connectivity index (χ3v) is 31.0. The minimum atomic E-state index is 0.903. The summed E-state index contributed by atoms with van der Waals surface area (Å²) < 4.78 is 34.7. The molecule has 6 heterocycles. The molecular formula is C136H78O5S. The molecule has 0 spiro atoms. The molecule has 0 amide bonds. The Balaban J connectivity index is 0.0000000998. The molecule has 0 saturated heterocycles. The summed E-state index contributed by atoms with van der Waals surface area (Å²) in [6.07, 6.45) is 0. The van der Waals surface area contributed by atoms with Crippen LogP contribution in [0.25, 0.3) is 315 Å². The molecule has 0 atom stereocenters. The van der Waals surface area contributed by atoms with E-state index in [1.54, 1.807) is 0 Å². The standard InChI is InChI=1S/C48H28O2.C46H26O2.C42H24OS/c1-2-12-30-28-45-42(26-29(30)11-1)41-27-33(23-24-44(41)49-45)47-38-18-5-3-16-36(38)46(37-17-4-6-19-39(37)47)32-14-9-13-31(25-32)34-20-10-21-40-35-15-7-8-22-43(35)50-48(34)40;1-2-11-29-26-43-40(23-28(29)10-1)39-25-31(18-21-41(39)47-43)45-35-15-7-5-13-33(35)44(34-14-6-8-16-36(34)45)30-19-22-42-38(24-30)37-20-17-27-9-3-4-12-32(27)46(37)48-42;1-2-10-26-24-38-35(21-25(26)9-1)34-22-27(17-19-37(34)43-38)41-30-12-3-5-14-32(30)42(33-15-6-4-13-31(33)41)28-18-20-40-36(23-28)29-11-7-8-16-39(29)44-40/h1-28H;1-26H;1-24H. The van der Waals surface area contributed by atoms with Crippen LogP contribution in [0.3, 0.4) is 0 Å². The molecule has 0 N–H and O–H groups in total. The summed E-state index contributed by atoms with van der Waals surface area (Å²) in [6, 6.07) is 171. The van der Waals surface area contributed by atoms with Crippen molar-refractivity contribution in [3.05, 3.63) is 473 Å². The Morgan fingerprint density at radius 3 is 0.803 bits per heavy atom. The minimum Gasteiger partial charge on any atom is -0.456 e. The Kier molecular flexibility index (Phi) is 17.7. The van der Waals surface area contributed by atoms with Crippen LogP contribution in [0.5, 0.6) is 0 Å². The maximum Gasteiger partial charge on any atom is 0.143 e. The lowest BCUT2D eigenvalue weighted by Crippen LogP contribution is -1.91. The SMILES string of the molecule is c1cc(-c2c3ccccc3c(-c3ccc4oc5cc6ccccc6cc5c4c3)c3ccccc23)cc(-c2cccc3c2oc2ccccc23)c1.c1ccc2cc3c(cc2c1)oc1ccc(-c2c4ccccc4c(-c4ccc5oc6c7ccccc7ccc6c5c4)c4ccccc24)cc13.c1ccc2cc3c(cc2c1)oc1ccc(-c2c4ccccc4c(-c4ccc5sc6ccccc6c5c4)c4ccccc24)cc13. The molecule has 26 aromatic carbocycles. The Morgan fingerprint density at radius 1 is 0.120 bits per heavy atom. The molecule has 658 valence electrons. The predicted octanol–water partition coefficient (Wildman–Crippen LogP) is 40.1. The van der Waals surface area contributed by atoms with Gasteiger partial charge in [0, 0.05) is 85.0 Å². The first-order valence-corrected chi connectivity index (χ1v) is 49.3. The van der Waals surface area contributed by atoms with Crippen LogP contribution < -0.4 is 0 Å². The van der Waals surface area contributed by atoms with Crippen molar-refractivity contribution in [3.8, 4) is 77.9 Å². The number of fused-ring (bicyclic) bond motifs is 29. The molecule has 0 fully saturated rings. The molecule has 0 bridgehead atoms. The highest BCUT2D eigenvalue weighted by molar-refractivity contribution is 7.25. The molecular weight excluding hydrogens is 1750 g/mol. The zero-order valence-electron chi connectivity index (χ0n) is 76.5. The fraction of sp³-hybridized carbons (Fsp3) is 0. The molecule has 32 rings (SSSR count). The average molecular weight is 1820 g/mol. The van der Waals surface area contributed by atoms with Gasteiger partial charge in [-0.25, -0.2) is 0 Å². The van der Waals surface area contributed by atoms with Crippen LogP contribution in [0.2, 0.25) is 0 Å². The maximum atomic E-state index is 6.48. The van der Waals surface area contributed by atoms with Crippen molar-refractivity contribution in [3.63, 3.8) is 0 Å². The lowest BCUT2D eigenvalue weighted by molar-refractivity contribution is 0.669. The van der Waals surface area contributed by atoms with Gasteiger partial charge in [-0.3, -0.25) is 0 Å². The van der Waals surface area contributed by atoms with Gasteiger partial charge in [-0.05, 0) is 296 Å². The molecule has 6 heteroatoms. The quantitative estimate of drug-likeness (QED) is 0.149. The number of hydrogen-bond donors (Lipinski definition) is 0. The summed E-state index contributed by atoms with van der Waals surface area (Å²) in [7, 11) is 0. The van der Waals surface area contributed by atoms with E-state index in [1.807, 2.05) is 23.5 Å². The highest BCUT2D eigenvalue weighted by Crippen LogP contribution is 2.53. The third-order valence-electron chi connectivity index (χ3n) is 29.9. The number of benzene rings is 26. The van der Waals surface area contributed by atoms with Crippen molar-refractivity contribution < 1.29 is 22.1 Å². The normalized spacial score (nSPS) is 12.1. The number of rotatable bonds is 7. The van der Waals surface area contributed by atoms with Gasteiger partial charge in [0.05, 0.1) is 0 Å². The second kappa shape index (κ2) is 31.5. The summed E-state index contributed by atoms with van der Waals surface area (Å²) in [6.45, 7) is 0. The van der Waals surface area contributed by atoms with Gasteiger partial charge in [0.15, 0.2) is 0 Å². The van der Waals surface area contributed by atoms with Gasteiger partial charge in [-0.2, -0.15) is 0 Å². The molecule has 0 aliphatic heterocycles. The molecule has 32 aromatic rings. The third kappa shape index (κ3) is 12.5. The van der Waals surface area contributed by atoms with E-state index in [1.165, 1.54) is 189 Å². The van der Waals surface area contributed by atoms with Crippen molar-refractivity contribution in [1.29, 1.82) is 0 Å². The van der Waals surface area contributed by atoms with E-state index in [0.29, 0.717) is 0 Å². The number of para-hydroxylation sites is 2. The number of thiophene rings is 1. The van der Waals surface area contributed by atoms with Crippen LogP contribution in [0, 0.1) is 0 Å². The zero-order chi connectivity index (χ0) is 92.9. The molecule has 5 nitrogen and oxygen atoms in total. The van der Waals surface area contributed by atoms with E-state index >= 15 is 0 Å². The van der Waals surface area contributed by atoms with Crippen LogP contribution in [-0.2, 0) is 0 Å². The summed E-state index contributed by atoms with van der Waals surface area (Å²) in [5.74, 6) is 0. The van der Waals surface area contributed by atoms with Crippen LogP contribution in [0.15, 0.2) is 495 Å². The van der Waals surface area contributed by atoms with Gasteiger partial charge in [0.2, 0.25) is 0 Å². The largest absolute Gasteiger partial charge is 0.456 e. The summed E-state index contributed by atoms with van der Waals surface area (Å²) in [5.41, 5.74) is 26.1. The van der Waals surface area contributed by atoms with E-state index in [4.69, 9.17) is 22.1 Å². The van der Waals surface area contributed by atoms with Crippen LogP contribution in [0.1, 0.15) is 0 Å². The molecule has 0 aliphatic rings. The first-order chi connectivity index (χ1) is 70.4. The van der Waals surface area contributed by atoms with E-state index in [0.717, 1.165) is 126 Å². The number of hydrogen-bond acceptors (Lipinski definition) is 6. The van der Waals surface area contributed by atoms with Gasteiger partial charge < -0.3 is 22.1 Å². The predicted molar refractivity (Wildman–Crippen MR) is 602 cm³/mol. The second-order valence-electron chi connectivity index (χ2n) is 37.7. The van der Waals surface area contributed by atoms with Gasteiger partial charge in [-0.1, -0.05) is 352 Å². The molecule has 142 heavy (non-hydrogen) atoms. The monoisotopic (exact) mass is 1820 g/mol. The Labute approximate surface area is 816 Å². The van der Waals surface area contributed by atoms with Gasteiger partial charge >= 0.3 is 0 Å². The van der Waals surface area contributed by atoms with Crippen LogP contribution >= 0.6 is 11.3 Å². The Bertz CT molecular complexity index is 10800. The maximum absolute atomic E-state index is 6.48. The van der Waals surface area contributed by atoms with Crippen molar-refractivity contribution >= 4 is 249 Å². The summed E-state index contributed by atoms with van der Waals surface area (Å²) >= 11 is 1.87. The Morgan fingerprint density at radius 2 is 0.387 bits per heavy atom. The average Bonchev–Trinajstić information content (AvgIpc) is 1.42. The van der Waals surface area contributed by atoms with Gasteiger partial charge in [-0.15, -0.1) is 11.3 Å². The topological polar surface area (TPSA) is 65.7 Å². The lowest BCUT2D eigenvalue weighted by atomic mass is 9.85. The first-order valence-electron chi connectivity index (χ1n) is 48.5. The smallest absolute Gasteiger partial charge is 0.143 e. The fourth-order valence-corrected chi connectivity index (χ4v) is 24.5.